The third-order valence-electron chi connectivity index (χ3n) is 6.05. The summed E-state index contributed by atoms with van der Waals surface area (Å²) in [6.45, 7) is 13.4. The van der Waals surface area contributed by atoms with Crippen LogP contribution in [0.1, 0.15) is 45.0 Å². The van der Waals surface area contributed by atoms with Gasteiger partial charge in [0.25, 0.3) is 0 Å². The van der Waals surface area contributed by atoms with Gasteiger partial charge in [0.1, 0.15) is 5.82 Å². The lowest BCUT2D eigenvalue weighted by Gasteiger charge is -2.36. The normalized spacial score (nSPS) is 13.3. The molecule has 2 heterocycles. The molecule has 0 radical (unpaired) electrons. The first-order valence-electron chi connectivity index (χ1n) is 10.6. The number of anilines is 1. The predicted octanol–water partition coefficient (Wildman–Crippen LogP) is 5.37. The number of urea groups is 1. The summed E-state index contributed by atoms with van der Waals surface area (Å²) in [6, 6.07) is 11.3. The van der Waals surface area contributed by atoms with Crippen LogP contribution in [0.4, 0.5) is 10.6 Å². The molecule has 0 saturated heterocycles. The quantitative estimate of drug-likeness (QED) is 0.506. The molecular weight excluding hydrogens is 406 g/mol. The lowest BCUT2D eigenvalue weighted by Crippen LogP contribution is -2.40. The highest BCUT2D eigenvalue weighted by Gasteiger charge is 2.37. The molecule has 0 aliphatic heterocycles. The second-order valence-corrected chi connectivity index (χ2v) is 14.2. The highest BCUT2D eigenvalue weighted by Crippen LogP contribution is 2.37. The van der Waals surface area contributed by atoms with Crippen LogP contribution in [0.3, 0.4) is 0 Å². The van der Waals surface area contributed by atoms with Crippen LogP contribution in [0, 0.1) is 0 Å². The molecule has 3 rings (SSSR count). The lowest BCUT2D eigenvalue weighted by molar-refractivity contribution is 0.249. The fourth-order valence-electron chi connectivity index (χ4n) is 3.10. The molecule has 0 aliphatic rings. The average molecular weight is 440 g/mol. The highest BCUT2D eigenvalue weighted by atomic mass is 28.4. The highest BCUT2D eigenvalue weighted by molar-refractivity contribution is 6.74. The molecule has 31 heavy (non-hydrogen) atoms. The van der Waals surface area contributed by atoms with E-state index in [1.165, 1.54) is 0 Å². The molecule has 166 valence electrons. The van der Waals surface area contributed by atoms with E-state index >= 15 is 0 Å². The van der Waals surface area contributed by atoms with E-state index in [4.69, 9.17) is 9.41 Å². The SMILES string of the molecule is C[C@@H](NC(=O)Nc1cc2cnn(C)c2c(CO[Si](C)(C)C(C)(C)C)n1)c1ccccc1. The number of aryl methyl sites for hydroxylation is 1. The molecule has 0 saturated carbocycles. The molecule has 1 aromatic carbocycles. The number of amides is 2. The van der Waals surface area contributed by atoms with Crippen molar-refractivity contribution in [2.45, 2.75) is 58.5 Å². The van der Waals surface area contributed by atoms with E-state index < -0.39 is 8.32 Å². The van der Waals surface area contributed by atoms with Crippen molar-refractivity contribution in [2.24, 2.45) is 7.05 Å². The van der Waals surface area contributed by atoms with Crippen molar-refractivity contribution in [1.29, 1.82) is 0 Å². The largest absolute Gasteiger partial charge is 0.411 e. The predicted molar refractivity (Wildman–Crippen MR) is 128 cm³/mol. The minimum absolute atomic E-state index is 0.0991. The summed E-state index contributed by atoms with van der Waals surface area (Å²) in [5.41, 5.74) is 2.73. The van der Waals surface area contributed by atoms with Crippen LogP contribution >= 0.6 is 0 Å². The summed E-state index contributed by atoms with van der Waals surface area (Å²) >= 11 is 0. The first-order valence-corrected chi connectivity index (χ1v) is 13.5. The molecule has 0 fully saturated rings. The Hall–Kier alpha value is -2.71. The molecule has 0 aliphatic carbocycles. The number of carbonyl (C=O) groups is 1. The Kier molecular flexibility index (Phi) is 6.52. The zero-order valence-electron chi connectivity index (χ0n) is 19.5. The summed E-state index contributed by atoms with van der Waals surface area (Å²) in [7, 11) is -0.0600. The minimum atomic E-state index is -1.95. The van der Waals surface area contributed by atoms with E-state index in [-0.39, 0.29) is 17.1 Å². The molecule has 2 N–H and O–H groups in total. The molecule has 0 unspecified atom stereocenters. The molecule has 2 amide bonds. The van der Waals surface area contributed by atoms with Crippen molar-refractivity contribution in [3.05, 3.63) is 53.9 Å². The van der Waals surface area contributed by atoms with Crippen molar-refractivity contribution in [3.63, 3.8) is 0 Å². The maximum Gasteiger partial charge on any atom is 0.320 e. The summed E-state index contributed by atoms with van der Waals surface area (Å²) < 4.78 is 8.20. The number of pyridine rings is 1. The Morgan fingerprint density at radius 3 is 2.55 bits per heavy atom. The average Bonchev–Trinajstić information content (AvgIpc) is 3.06. The maximum absolute atomic E-state index is 12.6. The second kappa shape index (κ2) is 8.80. The van der Waals surface area contributed by atoms with Crippen LogP contribution in [0.25, 0.3) is 10.9 Å². The van der Waals surface area contributed by atoms with Gasteiger partial charge in [0.2, 0.25) is 0 Å². The Bertz CT molecular complexity index is 1060. The van der Waals surface area contributed by atoms with Crippen molar-refractivity contribution in [3.8, 4) is 0 Å². The van der Waals surface area contributed by atoms with Crippen molar-refractivity contribution >= 4 is 31.1 Å². The molecule has 7 nitrogen and oxygen atoms in total. The third-order valence-corrected chi connectivity index (χ3v) is 10.5. The smallest absolute Gasteiger partial charge is 0.320 e. The standard InChI is InChI=1S/C23H33N5O2Si/c1-16(17-11-9-8-10-12-17)25-22(29)27-20-13-18-14-24-28(5)21(18)19(26-20)15-30-31(6,7)23(2,3)4/h8-14,16H,15H2,1-7H3,(H2,25,26,27,29)/t16-/m1/s1. The van der Waals surface area contributed by atoms with Crippen LogP contribution < -0.4 is 10.6 Å². The topological polar surface area (TPSA) is 81.1 Å². The number of benzene rings is 1. The maximum atomic E-state index is 12.6. The van der Waals surface area contributed by atoms with Crippen LogP contribution in [-0.2, 0) is 18.1 Å². The fourth-order valence-corrected chi connectivity index (χ4v) is 4.03. The van der Waals surface area contributed by atoms with Crippen molar-refractivity contribution in [2.75, 3.05) is 5.32 Å². The molecule has 0 bridgehead atoms. The van der Waals surface area contributed by atoms with Gasteiger partial charge in [0.05, 0.1) is 30.1 Å². The van der Waals surface area contributed by atoms with Crippen LogP contribution in [-0.4, -0.2) is 29.1 Å². The zero-order chi connectivity index (χ0) is 22.8. The number of hydrogen-bond acceptors (Lipinski definition) is 4. The van der Waals surface area contributed by atoms with Gasteiger partial charge < -0.3 is 9.74 Å². The van der Waals surface area contributed by atoms with Gasteiger partial charge in [-0.2, -0.15) is 5.10 Å². The van der Waals surface area contributed by atoms with Gasteiger partial charge in [-0.1, -0.05) is 51.1 Å². The van der Waals surface area contributed by atoms with E-state index in [9.17, 15) is 4.79 Å². The van der Waals surface area contributed by atoms with Crippen LogP contribution in [0.15, 0.2) is 42.6 Å². The fraction of sp³-hybridized carbons (Fsp3) is 0.435. The van der Waals surface area contributed by atoms with Crippen molar-refractivity contribution in [1.82, 2.24) is 20.1 Å². The first-order chi connectivity index (χ1) is 14.5. The molecule has 3 aromatic rings. The Balaban J connectivity index is 1.79. The van der Waals surface area contributed by atoms with Gasteiger partial charge >= 0.3 is 6.03 Å². The van der Waals surface area contributed by atoms with Gasteiger partial charge in [0.15, 0.2) is 8.32 Å². The molecule has 2 aromatic heterocycles. The molecular formula is C23H33N5O2Si. The molecule has 8 heteroatoms. The second-order valence-electron chi connectivity index (χ2n) is 9.44. The van der Waals surface area contributed by atoms with Gasteiger partial charge in [-0.15, -0.1) is 0 Å². The number of aromatic nitrogens is 3. The Labute approximate surface area is 185 Å². The van der Waals surface area contributed by atoms with E-state index in [1.807, 2.05) is 50.4 Å². The zero-order valence-corrected chi connectivity index (χ0v) is 20.5. The molecule has 1 atom stereocenters. The monoisotopic (exact) mass is 439 g/mol. The van der Waals surface area contributed by atoms with E-state index in [0.29, 0.717) is 12.4 Å². The van der Waals surface area contributed by atoms with E-state index in [1.54, 1.807) is 10.9 Å². The van der Waals surface area contributed by atoms with Gasteiger partial charge in [-0.3, -0.25) is 10.00 Å². The number of nitrogens with zero attached hydrogens (tertiary/aromatic N) is 3. The van der Waals surface area contributed by atoms with Gasteiger partial charge in [0, 0.05) is 12.4 Å². The number of carbonyl (C=O) groups excluding carboxylic acids is 1. The summed E-state index contributed by atoms with van der Waals surface area (Å²) in [5, 5.41) is 11.2. The number of nitrogens with one attached hydrogen (secondary N) is 2. The summed E-state index contributed by atoms with van der Waals surface area (Å²) in [6.07, 6.45) is 1.78. The first kappa shape index (κ1) is 23.0. The number of fused-ring (bicyclic) bond motifs is 1. The third kappa shape index (κ3) is 5.32. The Morgan fingerprint density at radius 2 is 1.90 bits per heavy atom. The summed E-state index contributed by atoms with van der Waals surface area (Å²) in [4.78, 5) is 17.3. The van der Waals surface area contributed by atoms with E-state index in [0.717, 1.165) is 22.2 Å². The van der Waals surface area contributed by atoms with Gasteiger partial charge in [-0.25, -0.2) is 9.78 Å². The Morgan fingerprint density at radius 1 is 1.23 bits per heavy atom. The van der Waals surface area contributed by atoms with Crippen LogP contribution in [0.2, 0.25) is 18.1 Å². The van der Waals surface area contributed by atoms with Gasteiger partial charge in [-0.05, 0) is 36.7 Å². The van der Waals surface area contributed by atoms with E-state index in [2.05, 4.69) is 49.6 Å². The number of rotatable bonds is 6. The summed E-state index contributed by atoms with van der Waals surface area (Å²) in [5.74, 6) is 0.479. The number of hydrogen-bond donors (Lipinski definition) is 2. The minimum Gasteiger partial charge on any atom is -0.411 e. The van der Waals surface area contributed by atoms with Crippen LogP contribution in [0.5, 0.6) is 0 Å². The molecule has 0 spiro atoms. The lowest BCUT2D eigenvalue weighted by atomic mass is 10.1. The van der Waals surface area contributed by atoms with Crippen molar-refractivity contribution < 1.29 is 9.22 Å².